The lowest BCUT2D eigenvalue weighted by Gasteiger charge is -2.06. The molecule has 2 aromatic carbocycles. The van der Waals surface area contributed by atoms with E-state index in [0.717, 1.165) is 0 Å². The van der Waals surface area contributed by atoms with Crippen molar-refractivity contribution in [2.45, 2.75) is 4.90 Å². The van der Waals surface area contributed by atoms with E-state index in [1.54, 1.807) is 6.07 Å². The van der Waals surface area contributed by atoms with E-state index in [1.807, 2.05) is 0 Å². The highest BCUT2D eigenvalue weighted by Crippen LogP contribution is 2.26. The van der Waals surface area contributed by atoms with Crippen LogP contribution in [0.25, 0.3) is 11.1 Å². The summed E-state index contributed by atoms with van der Waals surface area (Å²) >= 11 is 0. The van der Waals surface area contributed by atoms with Crippen molar-refractivity contribution in [2.24, 2.45) is 0 Å². The van der Waals surface area contributed by atoms with Crippen molar-refractivity contribution in [3.63, 3.8) is 0 Å². The molecule has 0 heterocycles. The first-order valence-corrected chi connectivity index (χ1v) is 7.28. The molecule has 0 amide bonds. The van der Waals surface area contributed by atoms with Gasteiger partial charge >= 0.3 is 6.16 Å². The third-order valence-electron chi connectivity index (χ3n) is 2.77. The van der Waals surface area contributed by atoms with E-state index in [9.17, 15) is 13.2 Å². The number of ether oxygens (including phenoxy) is 1. The summed E-state index contributed by atoms with van der Waals surface area (Å²) in [4.78, 5) is 9.91. The average molecular weight is 319 g/mol. The Balaban J connectivity index is 2.46. The van der Waals surface area contributed by atoms with Crippen molar-refractivity contribution < 1.29 is 27.6 Å². The van der Waals surface area contributed by atoms with Crippen molar-refractivity contribution in [3.8, 4) is 22.9 Å². The molecule has 0 atom stereocenters. The molecule has 2 aromatic rings. The molecule has 0 saturated heterocycles. The zero-order valence-corrected chi connectivity index (χ0v) is 11.7. The Labute approximate surface area is 125 Å². The summed E-state index contributed by atoms with van der Waals surface area (Å²) in [5, 5.41) is 17.4. The van der Waals surface area contributed by atoms with Gasteiger partial charge in [0.1, 0.15) is 16.7 Å². The van der Waals surface area contributed by atoms with E-state index in [-0.39, 0.29) is 11.3 Å². The molecule has 2 N–H and O–H groups in total. The summed E-state index contributed by atoms with van der Waals surface area (Å²) in [5.41, 5.74) is 0.831. The number of hydrogen-bond donors (Lipinski definition) is 2. The minimum absolute atomic E-state index is 0.111. The minimum Gasteiger partial charge on any atom is -0.449 e. The fourth-order valence-electron chi connectivity index (χ4n) is 1.82. The second kappa shape index (κ2) is 5.85. The summed E-state index contributed by atoms with van der Waals surface area (Å²) in [5.74, 6) is 0.111. The maximum absolute atomic E-state index is 11.3. The van der Waals surface area contributed by atoms with E-state index in [0.29, 0.717) is 11.1 Å². The molecular weight excluding hydrogens is 310 g/mol. The van der Waals surface area contributed by atoms with Crippen LogP contribution in [0.2, 0.25) is 0 Å². The fourth-order valence-corrected chi connectivity index (χ4v) is 2.49. The van der Waals surface area contributed by atoms with E-state index < -0.39 is 21.2 Å². The normalized spacial score (nSPS) is 10.7. The van der Waals surface area contributed by atoms with E-state index in [4.69, 9.17) is 14.9 Å². The van der Waals surface area contributed by atoms with Crippen molar-refractivity contribution in [3.05, 3.63) is 48.0 Å². The van der Waals surface area contributed by atoms with Crippen LogP contribution in [0, 0.1) is 11.3 Å². The predicted molar refractivity (Wildman–Crippen MR) is 75.1 cm³/mol. The van der Waals surface area contributed by atoms with Crippen LogP contribution in [-0.4, -0.2) is 24.2 Å². The molecule has 0 spiro atoms. The molecule has 0 aliphatic heterocycles. The predicted octanol–water partition coefficient (Wildman–Crippen LogP) is 2.53. The standard InChI is InChI=1S/C14H9NO6S/c15-8-11-2-1-10(7-13(11)22(18,19)20)9-3-5-12(6-4-9)21-14(16)17/h1-7H,(H,16,17)(H,18,19,20). The molecular formula is C14H9NO6S. The van der Waals surface area contributed by atoms with Gasteiger partial charge in [-0.1, -0.05) is 18.2 Å². The van der Waals surface area contributed by atoms with Crippen molar-refractivity contribution in [1.82, 2.24) is 0 Å². The molecule has 0 aliphatic carbocycles. The molecule has 0 fully saturated rings. The smallest absolute Gasteiger partial charge is 0.449 e. The van der Waals surface area contributed by atoms with E-state index in [1.165, 1.54) is 42.5 Å². The van der Waals surface area contributed by atoms with Crippen LogP contribution in [0.4, 0.5) is 4.79 Å². The highest BCUT2D eigenvalue weighted by atomic mass is 32.2. The summed E-state index contributed by atoms with van der Waals surface area (Å²) in [6, 6.07) is 11.5. The van der Waals surface area contributed by atoms with Crippen LogP contribution in [0.1, 0.15) is 5.56 Å². The van der Waals surface area contributed by atoms with Gasteiger partial charge in [-0.05, 0) is 35.4 Å². The molecule has 0 aliphatic rings. The van der Waals surface area contributed by atoms with E-state index >= 15 is 0 Å². The SMILES string of the molecule is N#Cc1ccc(-c2ccc(OC(=O)O)cc2)cc1S(=O)(=O)O. The highest BCUT2D eigenvalue weighted by Gasteiger charge is 2.16. The molecule has 0 aromatic heterocycles. The van der Waals surface area contributed by atoms with Gasteiger partial charge in [-0.25, -0.2) is 4.79 Å². The van der Waals surface area contributed by atoms with Crippen LogP contribution in [-0.2, 0) is 10.1 Å². The molecule has 112 valence electrons. The third kappa shape index (κ3) is 3.41. The van der Waals surface area contributed by atoms with Crippen LogP contribution in [0.3, 0.4) is 0 Å². The van der Waals surface area contributed by atoms with Gasteiger partial charge in [-0.2, -0.15) is 13.7 Å². The quantitative estimate of drug-likeness (QED) is 0.506. The van der Waals surface area contributed by atoms with Gasteiger partial charge in [-0.15, -0.1) is 0 Å². The Kier molecular flexibility index (Phi) is 4.12. The topological polar surface area (TPSA) is 125 Å². The highest BCUT2D eigenvalue weighted by molar-refractivity contribution is 7.85. The second-order valence-corrected chi connectivity index (χ2v) is 5.58. The Hall–Kier alpha value is -2.89. The van der Waals surface area contributed by atoms with Crippen molar-refractivity contribution in [1.29, 1.82) is 5.26 Å². The first kappa shape index (κ1) is 15.5. The Morgan fingerprint density at radius 3 is 2.18 bits per heavy atom. The summed E-state index contributed by atoms with van der Waals surface area (Å²) in [7, 11) is -4.53. The molecule has 2 rings (SSSR count). The van der Waals surface area contributed by atoms with Crippen LogP contribution < -0.4 is 4.74 Å². The van der Waals surface area contributed by atoms with Gasteiger partial charge in [0.15, 0.2) is 0 Å². The number of nitrogens with zero attached hydrogens (tertiary/aromatic N) is 1. The van der Waals surface area contributed by atoms with Crippen LogP contribution in [0.15, 0.2) is 47.4 Å². The number of benzene rings is 2. The number of carbonyl (C=O) groups is 1. The summed E-state index contributed by atoms with van der Waals surface area (Å²) in [6.45, 7) is 0. The zero-order valence-electron chi connectivity index (χ0n) is 10.9. The van der Waals surface area contributed by atoms with Crippen LogP contribution in [0.5, 0.6) is 5.75 Å². The van der Waals surface area contributed by atoms with Crippen LogP contribution >= 0.6 is 0 Å². The summed E-state index contributed by atoms with van der Waals surface area (Å²) in [6.07, 6.45) is -1.44. The van der Waals surface area contributed by atoms with Gasteiger partial charge in [0.05, 0.1) is 5.56 Å². The average Bonchev–Trinajstić information content (AvgIpc) is 2.46. The lowest BCUT2D eigenvalue weighted by atomic mass is 10.0. The molecule has 0 radical (unpaired) electrons. The molecule has 0 unspecified atom stereocenters. The maximum Gasteiger partial charge on any atom is 0.511 e. The Bertz CT molecular complexity index is 865. The second-order valence-electron chi connectivity index (χ2n) is 4.19. The number of nitriles is 1. The van der Waals surface area contributed by atoms with Gasteiger partial charge in [0.2, 0.25) is 0 Å². The first-order valence-electron chi connectivity index (χ1n) is 5.84. The number of hydrogen-bond acceptors (Lipinski definition) is 5. The minimum atomic E-state index is -4.53. The van der Waals surface area contributed by atoms with Crippen molar-refractivity contribution >= 4 is 16.3 Å². The lowest BCUT2D eigenvalue weighted by Crippen LogP contribution is -2.03. The zero-order chi connectivity index (χ0) is 16.3. The first-order chi connectivity index (χ1) is 10.3. The molecule has 0 saturated carbocycles. The monoisotopic (exact) mass is 319 g/mol. The lowest BCUT2D eigenvalue weighted by molar-refractivity contribution is 0.144. The third-order valence-corrected chi connectivity index (χ3v) is 3.67. The van der Waals surface area contributed by atoms with Gasteiger partial charge < -0.3 is 9.84 Å². The number of rotatable bonds is 3. The van der Waals surface area contributed by atoms with E-state index in [2.05, 4.69) is 4.74 Å². The van der Waals surface area contributed by atoms with Gasteiger partial charge in [0, 0.05) is 0 Å². The number of carboxylic acid groups (broad SMARTS) is 1. The Morgan fingerprint density at radius 1 is 1.09 bits per heavy atom. The maximum atomic E-state index is 11.3. The molecule has 0 bridgehead atoms. The molecule has 8 heteroatoms. The molecule has 22 heavy (non-hydrogen) atoms. The van der Waals surface area contributed by atoms with Gasteiger partial charge in [-0.3, -0.25) is 4.55 Å². The van der Waals surface area contributed by atoms with Crippen molar-refractivity contribution in [2.75, 3.05) is 0 Å². The van der Waals surface area contributed by atoms with Gasteiger partial charge in [0.25, 0.3) is 10.1 Å². The largest absolute Gasteiger partial charge is 0.511 e. The fraction of sp³-hybridized carbons (Fsp3) is 0. The summed E-state index contributed by atoms with van der Waals surface area (Å²) < 4.78 is 36.2. The Morgan fingerprint density at radius 2 is 1.68 bits per heavy atom. The molecule has 7 nitrogen and oxygen atoms in total.